The number of ether oxygens (including phenoxy) is 1. The van der Waals surface area contributed by atoms with Crippen molar-refractivity contribution in [3.63, 3.8) is 0 Å². The lowest BCUT2D eigenvalue weighted by molar-refractivity contribution is -0.232. The topological polar surface area (TPSA) is 56.5 Å². The van der Waals surface area contributed by atoms with Crippen LogP contribution in [0.1, 0.15) is 105 Å². The van der Waals surface area contributed by atoms with Gasteiger partial charge in [0.1, 0.15) is 5.76 Å². The lowest BCUT2D eigenvalue weighted by Gasteiger charge is -2.72. The van der Waals surface area contributed by atoms with Gasteiger partial charge in [0.2, 0.25) is 0 Å². The van der Waals surface area contributed by atoms with Crippen molar-refractivity contribution in [2.24, 2.45) is 56.7 Å². The summed E-state index contributed by atoms with van der Waals surface area (Å²) in [4.78, 5) is 27.4. The van der Waals surface area contributed by atoms with Gasteiger partial charge in [-0.1, -0.05) is 46.8 Å². The molecule has 5 aliphatic rings. The van der Waals surface area contributed by atoms with Crippen molar-refractivity contribution >= 4 is 17.8 Å². The van der Waals surface area contributed by atoms with Gasteiger partial charge in [-0.25, -0.2) is 0 Å². The Hall–Kier alpha value is -2.10. The van der Waals surface area contributed by atoms with Crippen molar-refractivity contribution in [1.29, 1.82) is 0 Å². The van der Waals surface area contributed by atoms with Gasteiger partial charge in [-0.15, -0.1) is 0 Å². The minimum Gasteiger partial charge on any atom is -0.469 e. The summed E-state index contributed by atoms with van der Waals surface area (Å²) >= 11 is 0. The minimum absolute atomic E-state index is 0.0199. The Labute approximate surface area is 241 Å². The molecule has 0 aliphatic heterocycles. The molecule has 0 saturated heterocycles. The fourth-order valence-corrected chi connectivity index (χ4v) is 12.2. The summed E-state index contributed by atoms with van der Waals surface area (Å²) in [6, 6.07) is 3.85. The van der Waals surface area contributed by atoms with Gasteiger partial charge in [-0.05, 0) is 134 Å². The molecule has 40 heavy (non-hydrogen) atoms. The quantitative estimate of drug-likeness (QED) is 0.216. The highest BCUT2D eigenvalue weighted by Crippen LogP contribution is 2.77. The molecule has 5 aliphatic carbocycles. The Balaban J connectivity index is 1.42. The number of hydrogen-bond donors (Lipinski definition) is 0. The summed E-state index contributed by atoms with van der Waals surface area (Å²) in [5.74, 6) is 3.19. The molecule has 4 heteroatoms. The van der Waals surface area contributed by atoms with E-state index >= 15 is 0 Å². The number of ketones is 1. The molecule has 1 heterocycles. The van der Waals surface area contributed by atoms with E-state index < -0.39 is 5.41 Å². The zero-order valence-electron chi connectivity index (χ0n) is 25.9. The van der Waals surface area contributed by atoms with E-state index in [4.69, 9.17) is 9.15 Å². The number of carbonyl (C=O) groups is 2. The maximum Gasteiger partial charge on any atom is 0.312 e. The van der Waals surface area contributed by atoms with E-state index in [9.17, 15) is 9.59 Å². The van der Waals surface area contributed by atoms with Gasteiger partial charge in [0.05, 0.1) is 18.8 Å². The van der Waals surface area contributed by atoms with Crippen LogP contribution < -0.4 is 0 Å². The number of allylic oxidation sites excluding steroid dienone is 2. The molecule has 6 rings (SSSR count). The Bertz CT molecular complexity index is 1250. The number of rotatable bonds is 3. The molecule has 0 amide bonds. The molecule has 9 atom stereocenters. The molecule has 0 aromatic carbocycles. The second kappa shape index (κ2) is 8.95. The highest BCUT2D eigenvalue weighted by Gasteiger charge is 2.72. The van der Waals surface area contributed by atoms with Gasteiger partial charge in [-0.3, -0.25) is 9.59 Å². The highest BCUT2D eigenvalue weighted by molar-refractivity contribution is 6.04. The second-order valence-corrected chi connectivity index (χ2v) is 15.7. The first-order chi connectivity index (χ1) is 18.8. The smallest absolute Gasteiger partial charge is 0.312 e. The van der Waals surface area contributed by atoms with Crippen LogP contribution in [-0.2, 0) is 14.3 Å². The van der Waals surface area contributed by atoms with E-state index in [0.717, 1.165) is 62.7 Å². The number of methoxy groups -OCH3 is 1. The average Bonchev–Trinajstić information content (AvgIpc) is 3.55. The first-order valence-electron chi connectivity index (χ1n) is 15.8. The highest BCUT2D eigenvalue weighted by atomic mass is 16.5. The number of esters is 1. The van der Waals surface area contributed by atoms with Crippen LogP contribution in [0.5, 0.6) is 0 Å². The van der Waals surface area contributed by atoms with Crippen molar-refractivity contribution in [3.05, 3.63) is 41.9 Å². The van der Waals surface area contributed by atoms with Crippen molar-refractivity contribution in [1.82, 2.24) is 0 Å². The fraction of sp³-hybridized carbons (Fsp3) is 0.722. The van der Waals surface area contributed by atoms with E-state index in [1.165, 1.54) is 12.0 Å². The van der Waals surface area contributed by atoms with Crippen LogP contribution in [0.25, 0.3) is 6.08 Å². The molecule has 5 saturated carbocycles. The number of carbonyl (C=O) groups excluding carboxylic acids is 2. The predicted octanol–water partition coefficient (Wildman–Crippen LogP) is 8.67. The SMILES string of the molecule is C=C(C)C1CC[C@]2(C(=O)OC)CC[C@]3(C)[C@H](CC[C@@H]4[C@@]5(C)C/C(=C/c6ccco6)C(=O)C(C)(C)C5CC[C@]43C)C12. The van der Waals surface area contributed by atoms with Gasteiger partial charge in [-0.2, -0.15) is 0 Å². The van der Waals surface area contributed by atoms with E-state index in [1.54, 1.807) is 13.4 Å². The van der Waals surface area contributed by atoms with E-state index in [1.807, 2.05) is 18.2 Å². The first kappa shape index (κ1) is 28.0. The molecule has 4 nitrogen and oxygen atoms in total. The molecule has 218 valence electrons. The number of fused-ring (bicyclic) bond motifs is 7. The third kappa shape index (κ3) is 3.43. The van der Waals surface area contributed by atoms with Gasteiger partial charge in [0.15, 0.2) is 5.78 Å². The third-order valence-corrected chi connectivity index (χ3v) is 14.1. The number of hydrogen-bond acceptors (Lipinski definition) is 4. The predicted molar refractivity (Wildman–Crippen MR) is 158 cm³/mol. The van der Waals surface area contributed by atoms with Crippen LogP contribution in [0.4, 0.5) is 0 Å². The van der Waals surface area contributed by atoms with Gasteiger partial charge < -0.3 is 9.15 Å². The lowest BCUT2D eigenvalue weighted by atomic mass is 9.32. The molecule has 0 radical (unpaired) electrons. The third-order valence-electron chi connectivity index (χ3n) is 14.1. The largest absolute Gasteiger partial charge is 0.469 e. The molecule has 3 unspecified atom stereocenters. The van der Waals surface area contributed by atoms with Crippen molar-refractivity contribution in [2.45, 2.75) is 99.3 Å². The Morgan fingerprint density at radius 3 is 2.40 bits per heavy atom. The average molecular weight is 547 g/mol. The van der Waals surface area contributed by atoms with Crippen LogP contribution >= 0.6 is 0 Å². The molecule has 0 spiro atoms. The summed E-state index contributed by atoms with van der Waals surface area (Å²) in [6.45, 7) is 18.7. The molecule has 1 aromatic heterocycles. The van der Waals surface area contributed by atoms with E-state index in [2.05, 4.69) is 48.1 Å². The lowest BCUT2D eigenvalue weighted by Crippen LogP contribution is -2.67. The molecular formula is C36H50O4. The Kier molecular flexibility index (Phi) is 6.27. The molecule has 0 N–H and O–H groups in total. The zero-order chi connectivity index (χ0) is 28.9. The summed E-state index contributed by atoms with van der Waals surface area (Å²) in [5, 5.41) is 0. The fourth-order valence-electron chi connectivity index (χ4n) is 12.2. The van der Waals surface area contributed by atoms with Gasteiger partial charge >= 0.3 is 5.97 Å². The Morgan fingerprint density at radius 2 is 1.75 bits per heavy atom. The van der Waals surface area contributed by atoms with E-state index in [0.29, 0.717) is 35.4 Å². The molecule has 0 bridgehead atoms. The first-order valence-corrected chi connectivity index (χ1v) is 15.8. The van der Waals surface area contributed by atoms with Crippen LogP contribution in [0.3, 0.4) is 0 Å². The summed E-state index contributed by atoms with van der Waals surface area (Å²) < 4.78 is 11.2. The van der Waals surface area contributed by atoms with Crippen molar-refractivity contribution in [3.8, 4) is 0 Å². The molecule has 5 fully saturated rings. The molecular weight excluding hydrogens is 496 g/mol. The summed E-state index contributed by atoms with van der Waals surface area (Å²) in [5.41, 5.74) is 1.75. The monoisotopic (exact) mass is 546 g/mol. The number of furan rings is 1. The van der Waals surface area contributed by atoms with Crippen LogP contribution in [-0.4, -0.2) is 18.9 Å². The second-order valence-electron chi connectivity index (χ2n) is 15.7. The normalized spacial score (nSPS) is 46.6. The molecule has 1 aromatic rings. The number of Topliss-reactive ketones (excluding diaryl/α,β-unsaturated/α-hetero) is 1. The van der Waals surface area contributed by atoms with Crippen molar-refractivity contribution in [2.75, 3.05) is 7.11 Å². The maximum atomic E-state index is 13.9. The zero-order valence-corrected chi connectivity index (χ0v) is 25.9. The van der Waals surface area contributed by atoms with Crippen LogP contribution in [0, 0.1) is 56.7 Å². The van der Waals surface area contributed by atoms with Crippen LogP contribution in [0.15, 0.2) is 40.5 Å². The Morgan fingerprint density at radius 1 is 1.00 bits per heavy atom. The standard InChI is InChI=1S/C36H50O4/c1-22(2)25-13-16-36(31(38)39-8)18-17-34(6)26(29(25)36)11-12-28-33(5)21-23(20-24-10-9-19-40-24)30(37)32(3,4)27(33)14-15-35(28,34)7/h9-10,19-20,25-29H,1,11-18,21H2,2-8H3/b23-20-/t25?,26-,27?,28-,29?,33+,34-,35-,36+/m1/s1. The van der Waals surface area contributed by atoms with Gasteiger partial charge in [0, 0.05) is 5.41 Å². The van der Waals surface area contributed by atoms with E-state index in [-0.39, 0.29) is 27.6 Å². The van der Waals surface area contributed by atoms with Crippen LogP contribution in [0.2, 0.25) is 0 Å². The van der Waals surface area contributed by atoms with Crippen molar-refractivity contribution < 1.29 is 18.7 Å². The summed E-state index contributed by atoms with van der Waals surface area (Å²) in [6.07, 6.45) is 13.1. The maximum absolute atomic E-state index is 13.9. The summed E-state index contributed by atoms with van der Waals surface area (Å²) in [7, 11) is 1.58. The van der Waals surface area contributed by atoms with Gasteiger partial charge in [0.25, 0.3) is 0 Å². The minimum atomic E-state index is -0.395.